The fraction of sp³-hybridized carbons (Fsp3) is 0.824. The predicted octanol–water partition coefficient (Wildman–Crippen LogP) is 3.02. The maximum absolute atomic E-state index is 12.7. The van der Waals surface area contributed by atoms with E-state index in [1.54, 1.807) is 0 Å². The fourth-order valence-corrected chi connectivity index (χ4v) is 5.26. The third kappa shape index (κ3) is 2.53. The number of hydrogen-bond acceptors (Lipinski definition) is 4. The van der Waals surface area contributed by atoms with Crippen LogP contribution in [0.3, 0.4) is 0 Å². The van der Waals surface area contributed by atoms with Crippen molar-refractivity contribution < 1.29 is 19.3 Å². The largest absolute Gasteiger partial charge is 0.462 e. The summed E-state index contributed by atoms with van der Waals surface area (Å²) in [6, 6.07) is 0. The first kappa shape index (κ1) is 13.8. The molecule has 1 heterocycles. The van der Waals surface area contributed by atoms with E-state index in [9.17, 15) is 4.79 Å². The lowest BCUT2D eigenvalue weighted by atomic mass is 9.49. The first-order valence-electron chi connectivity index (χ1n) is 8.31. The molecular formula is C17H24O4. The number of ether oxygens (including phenoxy) is 1. The van der Waals surface area contributed by atoms with Gasteiger partial charge in [-0.15, -0.1) is 0 Å². The fourth-order valence-electron chi connectivity index (χ4n) is 5.26. The monoisotopic (exact) mass is 292 g/mol. The molecule has 2 atom stereocenters. The number of hydrogen-bond donors (Lipinski definition) is 0. The lowest BCUT2D eigenvalue weighted by molar-refractivity contribution is -0.340. The molecule has 0 spiro atoms. The molecule has 4 saturated carbocycles. The van der Waals surface area contributed by atoms with Crippen molar-refractivity contribution in [2.75, 3.05) is 6.61 Å². The zero-order valence-corrected chi connectivity index (χ0v) is 12.6. The van der Waals surface area contributed by atoms with E-state index in [0.29, 0.717) is 0 Å². The van der Waals surface area contributed by atoms with Crippen LogP contribution in [-0.4, -0.2) is 24.8 Å². The molecule has 4 heteroatoms. The zero-order chi connectivity index (χ0) is 14.4. The summed E-state index contributed by atoms with van der Waals surface area (Å²) in [5, 5.41) is 0. The first-order valence-corrected chi connectivity index (χ1v) is 8.31. The summed E-state index contributed by atoms with van der Waals surface area (Å²) in [4.78, 5) is 23.0. The van der Waals surface area contributed by atoms with Gasteiger partial charge in [0.05, 0.1) is 5.41 Å². The number of carbonyl (C=O) groups excluding carboxylic acids is 1. The molecule has 0 N–H and O–H groups in total. The molecule has 1 aliphatic heterocycles. The minimum Gasteiger partial charge on any atom is -0.462 e. The molecule has 21 heavy (non-hydrogen) atoms. The molecule has 5 aliphatic rings. The Hall–Kier alpha value is -0.870. The Morgan fingerprint density at radius 3 is 2.24 bits per heavy atom. The lowest BCUT2D eigenvalue weighted by Gasteiger charge is -2.55. The van der Waals surface area contributed by atoms with Gasteiger partial charge in [0, 0.05) is 0 Å². The minimum absolute atomic E-state index is 0.0113. The molecule has 5 rings (SSSR count). The SMILES string of the molecule is C[C@H]1C=C[C@@H](COC(=O)C23CC4CC(CC(C4)C2)C3)OO1. The summed E-state index contributed by atoms with van der Waals surface area (Å²) in [7, 11) is 0. The van der Waals surface area contributed by atoms with Gasteiger partial charge in [0.2, 0.25) is 0 Å². The Balaban J connectivity index is 1.38. The zero-order valence-electron chi connectivity index (χ0n) is 12.6. The van der Waals surface area contributed by atoms with Crippen LogP contribution in [0, 0.1) is 23.2 Å². The Morgan fingerprint density at radius 2 is 1.71 bits per heavy atom. The maximum Gasteiger partial charge on any atom is 0.312 e. The van der Waals surface area contributed by atoms with Crippen LogP contribution >= 0.6 is 0 Å². The van der Waals surface area contributed by atoms with E-state index in [0.717, 1.165) is 37.0 Å². The van der Waals surface area contributed by atoms with Gasteiger partial charge >= 0.3 is 5.97 Å². The Kier molecular flexibility index (Phi) is 3.34. The minimum atomic E-state index is -0.265. The van der Waals surface area contributed by atoms with Gasteiger partial charge in [-0.3, -0.25) is 4.79 Å². The van der Waals surface area contributed by atoms with E-state index in [1.165, 1.54) is 19.3 Å². The second kappa shape index (κ2) is 5.10. The van der Waals surface area contributed by atoms with E-state index in [-0.39, 0.29) is 30.2 Å². The van der Waals surface area contributed by atoms with Crippen LogP contribution in [0.15, 0.2) is 12.2 Å². The van der Waals surface area contributed by atoms with Gasteiger partial charge in [-0.1, -0.05) is 12.2 Å². The van der Waals surface area contributed by atoms with Crippen molar-refractivity contribution in [2.45, 2.75) is 57.7 Å². The molecule has 0 amide bonds. The quantitative estimate of drug-likeness (QED) is 0.456. The molecule has 4 aliphatic carbocycles. The van der Waals surface area contributed by atoms with Crippen molar-refractivity contribution in [1.82, 2.24) is 0 Å². The highest BCUT2D eigenvalue weighted by atomic mass is 17.2. The highest BCUT2D eigenvalue weighted by molar-refractivity contribution is 5.77. The topological polar surface area (TPSA) is 44.8 Å². The Morgan fingerprint density at radius 1 is 1.10 bits per heavy atom. The summed E-state index contributed by atoms with van der Waals surface area (Å²) in [5.41, 5.74) is -0.179. The Bertz CT molecular complexity index is 420. The van der Waals surface area contributed by atoms with Gasteiger partial charge < -0.3 is 4.74 Å². The third-order valence-corrected chi connectivity index (χ3v) is 5.78. The van der Waals surface area contributed by atoms with Crippen molar-refractivity contribution >= 4 is 5.97 Å². The van der Waals surface area contributed by atoms with Crippen LogP contribution in [0.2, 0.25) is 0 Å². The summed E-state index contributed by atoms with van der Waals surface area (Å²) in [6.45, 7) is 2.18. The summed E-state index contributed by atoms with van der Waals surface area (Å²) in [5.74, 6) is 2.30. The number of esters is 1. The molecule has 0 radical (unpaired) electrons. The lowest BCUT2D eigenvalue weighted by Crippen LogP contribution is -2.50. The van der Waals surface area contributed by atoms with Crippen LogP contribution in [0.25, 0.3) is 0 Å². The molecule has 0 aromatic carbocycles. The average molecular weight is 292 g/mol. The van der Waals surface area contributed by atoms with Crippen LogP contribution in [0.5, 0.6) is 0 Å². The van der Waals surface area contributed by atoms with E-state index >= 15 is 0 Å². The predicted molar refractivity (Wildman–Crippen MR) is 76.1 cm³/mol. The highest BCUT2D eigenvalue weighted by Gasteiger charge is 2.55. The standard InChI is InChI=1S/C17H24O4/c1-11-2-3-15(21-20-11)10-19-16(18)17-7-12-4-13(8-17)6-14(5-12)9-17/h2-3,11-15H,4-10H2,1H3/t11-,12?,13?,14?,15-,17?/m0/s1. The summed E-state index contributed by atoms with van der Waals surface area (Å²) < 4.78 is 5.61. The van der Waals surface area contributed by atoms with Crippen molar-refractivity contribution in [3.05, 3.63) is 12.2 Å². The van der Waals surface area contributed by atoms with E-state index in [2.05, 4.69) is 0 Å². The maximum atomic E-state index is 12.7. The van der Waals surface area contributed by atoms with Crippen molar-refractivity contribution in [1.29, 1.82) is 0 Å². The highest BCUT2D eigenvalue weighted by Crippen LogP contribution is 2.60. The van der Waals surface area contributed by atoms with Gasteiger partial charge in [-0.25, -0.2) is 9.78 Å². The smallest absolute Gasteiger partial charge is 0.312 e. The molecule has 0 aromatic rings. The van der Waals surface area contributed by atoms with Gasteiger partial charge in [0.25, 0.3) is 0 Å². The third-order valence-electron chi connectivity index (χ3n) is 5.78. The van der Waals surface area contributed by atoms with Gasteiger partial charge in [-0.05, 0) is 63.2 Å². The van der Waals surface area contributed by atoms with Gasteiger partial charge in [0.15, 0.2) is 0 Å². The van der Waals surface area contributed by atoms with Crippen LogP contribution < -0.4 is 0 Å². The molecule has 0 saturated heterocycles. The molecule has 0 aromatic heterocycles. The normalized spacial score (nSPS) is 47.6. The second-order valence-corrected chi connectivity index (χ2v) is 7.62. The van der Waals surface area contributed by atoms with Crippen molar-refractivity contribution in [2.24, 2.45) is 23.2 Å². The number of carbonyl (C=O) groups is 1. The van der Waals surface area contributed by atoms with E-state index in [4.69, 9.17) is 14.5 Å². The summed E-state index contributed by atoms with van der Waals surface area (Å²) in [6.07, 6.45) is 10.7. The Labute approximate surface area is 125 Å². The number of rotatable bonds is 3. The van der Waals surface area contributed by atoms with E-state index < -0.39 is 0 Å². The van der Waals surface area contributed by atoms with Crippen LogP contribution in [0.1, 0.15) is 45.4 Å². The second-order valence-electron chi connectivity index (χ2n) is 7.62. The van der Waals surface area contributed by atoms with E-state index in [1.807, 2.05) is 19.1 Å². The first-order chi connectivity index (χ1) is 10.1. The molecule has 4 bridgehead atoms. The summed E-state index contributed by atoms with van der Waals surface area (Å²) >= 11 is 0. The van der Waals surface area contributed by atoms with Crippen molar-refractivity contribution in [3.8, 4) is 0 Å². The average Bonchev–Trinajstić information content (AvgIpc) is 2.45. The van der Waals surface area contributed by atoms with Gasteiger partial charge in [-0.2, -0.15) is 0 Å². The van der Waals surface area contributed by atoms with Crippen LogP contribution in [0.4, 0.5) is 0 Å². The molecule has 116 valence electrons. The molecule has 4 fully saturated rings. The van der Waals surface area contributed by atoms with Gasteiger partial charge in [0.1, 0.15) is 18.8 Å². The molecule has 4 nitrogen and oxygen atoms in total. The molecular weight excluding hydrogens is 268 g/mol. The molecule has 0 unspecified atom stereocenters. The van der Waals surface area contributed by atoms with Crippen LogP contribution in [-0.2, 0) is 19.3 Å². The van der Waals surface area contributed by atoms with Crippen molar-refractivity contribution in [3.63, 3.8) is 0 Å².